The number of rotatable bonds is 6. The first kappa shape index (κ1) is 14.9. The van der Waals surface area contributed by atoms with Crippen LogP contribution in [0.25, 0.3) is 0 Å². The molecule has 0 amide bonds. The lowest BCUT2D eigenvalue weighted by molar-refractivity contribution is 0.0217. The Kier molecular flexibility index (Phi) is 5.42. The summed E-state index contributed by atoms with van der Waals surface area (Å²) in [5.41, 5.74) is 0.568. The van der Waals surface area contributed by atoms with Crippen molar-refractivity contribution >= 4 is 0 Å². The van der Waals surface area contributed by atoms with Crippen LogP contribution in [-0.2, 0) is 4.74 Å². The van der Waals surface area contributed by atoms with Crippen molar-refractivity contribution in [2.75, 3.05) is 33.4 Å². The van der Waals surface area contributed by atoms with Crippen LogP contribution in [0.4, 0.5) is 0 Å². The average Bonchev–Trinajstić information content (AvgIpc) is 2.29. The van der Waals surface area contributed by atoms with Gasteiger partial charge in [0.05, 0.1) is 0 Å². The molecule has 0 aromatic heterocycles. The molecule has 1 aliphatic heterocycles. The molecular weight excluding hydrogens is 212 g/mol. The van der Waals surface area contributed by atoms with E-state index in [9.17, 15) is 0 Å². The summed E-state index contributed by atoms with van der Waals surface area (Å²) >= 11 is 0. The zero-order valence-electron chi connectivity index (χ0n) is 12.3. The molecule has 1 fully saturated rings. The predicted octanol–water partition coefficient (Wildman–Crippen LogP) is 2.27. The number of methoxy groups -OCH3 is 1. The molecule has 1 unspecified atom stereocenters. The second-order valence-electron chi connectivity index (χ2n) is 6.21. The van der Waals surface area contributed by atoms with Crippen LogP contribution in [0.1, 0.15) is 47.0 Å². The third-order valence-electron chi connectivity index (χ3n) is 4.09. The van der Waals surface area contributed by atoms with Crippen LogP contribution in [0.2, 0.25) is 0 Å². The van der Waals surface area contributed by atoms with E-state index in [1.165, 1.54) is 25.8 Å². The lowest BCUT2D eigenvalue weighted by Gasteiger charge is -2.51. The first-order chi connectivity index (χ1) is 7.93. The summed E-state index contributed by atoms with van der Waals surface area (Å²) in [4.78, 5) is 2.67. The van der Waals surface area contributed by atoms with E-state index >= 15 is 0 Å². The average molecular weight is 242 g/mol. The van der Waals surface area contributed by atoms with Crippen LogP contribution in [0.5, 0.6) is 0 Å². The van der Waals surface area contributed by atoms with Gasteiger partial charge in [0.15, 0.2) is 0 Å². The molecule has 1 aliphatic rings. The van der Waals surface area contributed by atoms with Crippen LogP contribution < -0.4 is 5.32 Å². The minimum absolute atomic E-state index is 0.246. The number of nitrogens with one attached hydrogen (secondary N) is 1. The third kappa shape index (κ3) is 4.23. The summed E-state index contributed by atoms with van der Waals surface area (Å²) in [7, 11) is 1.78. The molecule has 3 nitrogen and oxygen atoms in total. The molecule has 1 N–H and O–H groups in total. The smallest absolute Gasteiger partial charge is 0.0462 e. The lowest BCUT2D eigenvalue weighted by atomic mass is 9.88. The molecule has 3 heteroatoms. The van der Waals surface area contributed by atoms with Gasteiger partial charge < -0.3 is 10.1 Å². The number of ether oxygens (including phenoxy) is 1. The summed E-state index contributed by atoms with van der Waals surface area (Å²) in [6.45, 7) is 13.6. The normalized spacial score (nSPS) is 29.5. The highest BCUT2D eigenvalue weighted by Crippen LogP contribution is 2.26. The van der Waals surface area contributed by atoms with Crippen LogP contribution in [-0.4, -0.2) is 49.3 Å². The van der Waals surface area contributed by atoms with Gasteiger partial charge in [-0.25, -0.2) is 0 Å². The quantitative estimate of drug-likeness (QED) is 0.723. The van der Waals surface area contributed by atoms with Crippen LogP contribution in [0.3, 0.4) is 0 Å². The van der Waals surface area contributed by atoms with E-state index in [0.29, 0.717) is 5.54 Å². The second-order valence-corrected chi connectivity index (χ2v) is 6.21. The van der Waals surface area contributed by atoms with Crippen molar-refractivity contribution in [3.8, 4) is 0 Å². The van der Waals surface area contributed by atoms with Crippen LogP contribution in [0, 0.1) is 0 Å². The van der Waals surface area contributed by atoms with Gasteiger partial charge in [-0.2, -0.15) is 0 Å². The van der Waals surface area contributed by atoms with Gasteiger partial charge >= 0.3 is 0 Å². The standard InChI is InChI=1S/C14H30N2O/c1-6-14(4)11-15-13(2,3)12-16(14)9-7-8-10-17-5/h15H,6-12H2,1-5H3. The van der Waals surface area contributed by atoms with E-state index in [-0.39, 0.29) is 5.54 Å². The van der Waals surface area contributed by atoms with Gasteiger partial charge in [-0.15, -0.1) is 0 Å². The molecule has 0 aromatic carbocycles. The van der Waals surface area contributed by atoms with E-state index in [1.54, 1.807) is 7.11 Å². The van der Waals surface area contributed by atoms with Crippen molar-refractivity contribution in [1.29, 1.82) is 0 Å². The number of unbranched alkanes of at least 4 members (excludes halogenated alkanes) is 1. The zero-order valence-corrected chi connectivity index (χ0v) is 12.3. The van der Waals surface area contributed by atoms with Crippen LogP contribution in [0.15, 0.2) is 0 Å². The highest BCUT2D eigenvalue weighted by molar-refractivity contribution is 4.99. The Balaban J connectivity index is 2.50. The molecule has 102 valence electrons. The molecule has 1 atom stereocenters. The number of hydrogen-bond acceptors (Lipinski definition) is 3. The predicted molar refractivity (Wildman–Crippen MR) is 73.5 cm³/mol. The summed E-state index contributed by atoms with van der Waals surface area (Å²) in [6.07, 6.45) is 3.61. The number of piperazine rings is 1. The molecule has 0 spiro atoms. The van der Waals surface area contributed by atoms with Gasteiger partial charge in [-0.3, -0.25) is 4.90 Å². The molecule has 1 heterocycles. The first-order valence-corrected chi connectivity index (χ1v) is 6.92. The zero-order chi connectivity index (χ0) is 12.9. The van der Waals surface area contributed by atoms with Crippen molar-refractivity contribution in [1.82, 2.24) is 10.2 Å². The van der Waals surface area contributed by atoms with E-state index in [1.807, 2.05) is 0 Å². The van der Waals surface area contributed by atoms with E-state index in [2.05, 4.69) is 37.9 Å². The summed E-state index contributed by atoms with van der Waals surface area (Å²) < 4.78 is 5.12. The van der Waals surface area contributed by atoms with Crippen molar-refractivity contribution in [2.45, 2.75) is 58.0 Å². The van der Waals surface area contributed by atoms with E-state index in [4.69, 9.17) is 4.74 Å². The van der Waals surface area contributed by atoms with E-state index < -0.39 is 0 Å². The molecular formula is C14H30N2O. The van der Waals surface area contributed by atoms with Gasteiger partial charge in [0.2, 0.25) is 0 Å². The fourth-order valence-electron chi connectivity index (χ4n) is 2.51. The van der Waals surface area contributed by atoms with Gasteiger partial charge in [0.25, 0.3) is 0 Å². The minimum Gasteiger partial charge on any atom is -0.385 e. The molecule has 1 rings (SSSR count). The summed E-state index contributed by atoms with van der Waals surface area (Å²) in [5, 5.41) is 3.67. The van der Waals surface area contributed by atoms with Gasteiger partial charge in [-0.05, 0) is 46.6 Å². The van der Waals surface area contributed by atoms with E-state index in [0.717, 1.165) is 19.7 Å². The fraction of sp³-hybridized carbons (Fsp3) is 1.00. The Morgan fingerprint density at radius 1 is 1.24 bits per heavy atom. The first-order valence-electron chi connectivity index (χ1n) is 6.92. The Bertz CT molecular complexity index is 230. The number of nitrogens with zero attached hydrogens (tertiary/aromatic N) is 1. The molecule has 0 bridgehead atoms. The fourth-order valence-corrected chi connectivity index (χ4v) is 2.51. The summed E-state index contributed by atoms with van der Waals surface area (Å²) in [5.74, 6) is 0. The largest absolute Gasteiger partial charge is 0.385 e. The van der Waals surface area contributed by atoms with Crippen molar-refractivity contribution in [2.24, 2.45) is 0 Å². The molecule has 0 radical (unpaired) electrons. The van der Waals surface area contributed by atoms with Gasteiger partial charge in [0, 0.05) is 37.9 Å². The highest BCUT2D eigenvalue weighted by Gasteiger charge is 2.38. The topological polar surface area (TPSA) is 24.5 Å². The van der Waals surface area contributed by atoms with Crippen molar-refractivity contribution in [3.63, 3.8) is 0 Å². The molecule has 0 aliphatic carbocycles. The van der Waals surface area contributed by atoms with Gasteiger partial charge in [0.1, 0.15) is 0 Å². The lowest BCUT2D eigenvalue weighted by Crippen LogP contribution is -2.67. The number of hydrogen-bond donors (Lipinski definition) is 1. The third-order valence-corrected chi connectivity index (χ3v) is 4.09. The summed E-state index contributed by atoms with van der Waals surface area (Å²) in [6, 6.07) is 0. The molecule has 0 aromatic rings. The van der Waals surface area contributed by atoms with Crippen molar-refractivity contribution < 1.29 is 4.74 Å². The SMILES string of the molecule is CCC1(C)CNC(C)(C)CN1CCCCOC. The maximum absolute atomic E-state index is 5.12. The Hall–Kier alpha value is -0.120. The van der Waals surface area contributed by atoms with Crippen molar-refractivity contribution in [3.05, 3.63) is 0 Å². The van der Waals surface area contributed by atoms with Crippen LogP contribution >= 0.6 is 0 Å². The highest BCUT2D eigenvalue weighted by atomic mass is 16.5. The Morgan fingerprint density at radius 2 is 1.94 bits per heavy atom. The monoisotopic (exact) mass is 242 g/mol. The molecule has 17 heavy (non-hydrogen) atoms. The maximum atomic E-state index is 5.12. The Morgan fingerprint density at radius 3 is 2.53 bits per heavy atom. The maximum Gasteiger partial charge on any atom is 0.0462 e. The molecule has 1 saturated heterocycles. The molecule has 0 saturated carbocycles. The minimum atomic E-state index is 0.246. The Labute approximate surface area is 107 Å². The van der Waals surface area contributed by atoms with Gasteiger partial charge in [-0.1, -0.05) is 6.92 Å². The second kappa shape index (κ2) is 6.17.